The summed E-state index contributed by atoms with van der Waals surface area (Å²) >= 11 is 0. The Bertz CT molecular complexity index is 472. The Labute approximate surface area is 107 Å². The van der Waals surface area contributed by atoms with Crippen LogP contribution in [0.4, 0.5) is 0 Å². The molecule has 1 saturated heterocycles. The number of hydrogen-bond donors (Lipinski definition) is 1. The molecule has 4 nitrogen and oxygen atoms in total. The molecule has 1 N–H and O–H groups in total. The van der Waals surface area contributed by atoms with Crippen molar-refractivity contribution >= 4 is 11.8 Å². The number of imide groups is 1. The second-order valence-corrected chi connectivity index (χ2v) is 5.73. The van der Waals surface area contributed by atoms with Crippen LogP contribution in [0, 0.1) is 0 Å². The zero-order valence-corrected chi connectivity index (χ0v) is 11.0. The molecule has 1 aromatic rings. The van der Waals surface area contributed by atoms with Crippen molar-refractivity contribution in [1.29, 1.82) is 0 Å². The molecule has 0 saturated carbocycles. The SMILES string of the molecule is CC(C)(C)c1ccc([C@@H]2CCC(=O)NC2=O)cn1. The number of amides is 2. The van der Waals surface area contributed by atoms with Crippen LogP contribution in [0.2, 0.25) is 0 Å². The van der Waals surface area contributed by atoms with Crippen LogP contribution in [0.1, 0.15) is 50.8 Å². The maximum atomic E-state index is 11.7. The van der Waals surface area contributed by atoms with Crippen molar-refractivity contribution < 1.29 is 9.59 Å². The van der Waals surface area contributed by atoms with E-state index >= 15 is 0 Å². The Balaban J connectivity index is 2.20. The standard InChI is InChI=1S/C14H18N2O2/c1-14(2,3)11-6-4-9(8-15-11)10-5-7-12(17)16-13(10)18/h4,6,8,10H,5,7H2,1-3H3,(H,16,17,18)/t10-/m0/s1. The van der Waals surface area contributed by atoms with Crippen LogP contribution >= 0.6 is 0 Å². The van der Waals surface area contributed by atoms with E-state index in [4.69, 9.17) is 0 Å². The molecule has 0 spiro atoms. The monoisotopic (exact) mass is 246 g/mol. The average molecular weight is 246 g/mol. The van der Waals surface area contributed by atoms with Crippen molar-refractivity contribution in [2.45, 2.75) is 44.9 Å². The van der Waals surface area contributed by atoms with Gasteiger partial charge < -0.3 is 0 Å². The maximum absolute atomic E-state index is 11.7. The highest BCUT2D eigenvalue weighted by atomic mass is 16.2. The molecule has 0 aromatic carbocycles. The Morgan fingerprint density at radius 2 is 2.00 bits per heavy atom. The van der Waals surface area contributed by atoms with Gasteiger partial charge in [0.2, 0.25) is 11.8 Å². The number of nitrogens with one attached hydrogen (secondary N) is 1. The molecule has 4 heteroatoms. The van der Waals surface area contributed by atoms with Gasteiger partial charge >= 0.3 is 0 Å². The number of carbonyl (C=O) groups excluding carboxylic acids is 2. The first-order chi connectivity index (χ1) is 8.38. The van der Waals surface area contributed by atoms with E-state index in [0.29, 0.717) is 12.8 Å². The summed E-state index contributed by atoms with van der Waals surface area (Å²) in [7, 11) is 0. The third-order valence-corrected chi connectivity index (χ3v) is 3.20. The molecule has 1 atom stereocenters. The molecular formula is C14H18N2O2. The molecule has 1 fully saturated rings. The molecule has 1 aromatic heterocycles. The molecule has 1 aliphatic rings. The predicted molar refractivity (Wildman–Crippen MR) is 68.1 cm³/mol. The molecule has 2 heterocycles. The number of nitrogens with zero attached hydrogens (tertiary/aromatic N) is 1. The lowest BCUT2D eigenvalue weighted by Gasteiger charge is -2.22. The van der Waals surface area contributed by atoms with Crippen LogP contribution in [-0.2, 0) is 15.0 Å². The minimum atomic E-state index is -0.246. The third kappa shape index (κ3) is 2.58. The summed E-state index contributed by atoms with van der Waals surface area (Å²) in [4.78, 5) is 27.2. The summed E-state index contributed by atoms with van der Waals surface area (Å²) < 4.78 is 0. The summed E-state index contributed by atoms with van der Waals surface area (Å²) in [6, 6.07) is 3.90. The van der Waals surface area contributed by atoms with Gasteiger partial charge in [-0.3, -0.25) is 19.9 Å². The van der Waals surface area contributed by atoms with Crippen molar-refractivity contribution in [3.05, 3.63) is 29.6 Å². The number of hydrogen-bond acceptors (Lipinski definition) is 3. The Hall–Kier alpha value is -1.71. The van der Waals surface area contributed by atoms with E-state index in [1.165, 1.54) is 0 Å². The molecule has 96 valence electrons. The fourth-order valence-corrected chi connectivity index (χ4v) is 2.07. The van der Waals surface area contributed by atoms with Crippen LogP contribution in [0.5, 0.6) is 0 Å². The first-order valence-electron chi connectivity index (χ1n) is 6.18. The molecular weight excluding hydrogens is 228 g/mol. The third-order valence-electron chi connectivity index (χ3n) is 3.20. The molecule has 0 radical (unpaired) electrons. The first kappa shape index (κ1) is 12.7. The molecule has 0 aliphatic carbocycles. The van der Waals surface area contributed by atoms with Crippen molar-refractivity contribution in [1.82, 2.24) is 10.3 Å². The molecule has 2 amide bonds. The molecule has 0 bridgehead atoms. The first-order valence-corrected chi connectivity index (χ1v) is 6.18. The summed E-state index contributed by atoms with van der Waals surface area (Å²) in [5.74, 6) is -0.642. The van der Waals surface area contributed by atoms with Crippen molar-refractivity contribution in [2.75, 3.05) is 0 Å². The van der Waals surface area contributed by atoms with Crippen molar-refractivity contribution in [2.24, 2.45) is 0 Å². The Morgan fingerprint density at radius 1 is 1.28 bits per heavy atom. The van der Waals surface area contributed by atoms with Gasteiger partial charge in [0.15, 0.2) is 0 Å². The fourth-order valence-electron chi connectivity index (χ4n) is 2.07. The van der Waals surface area contributed by atoms with E-state index in [2.05, 4.69) is 31.1 Å². The van der Waals surface area contributed by atoms with E-state index in [-0.39, 0.29) is 23.1 Å². The Morgan fingerprint density at radius 3 is 2.50 bits per heavy atom. The normalized spacial score (nSPS) is 20.7. The minimum absolute atomic E-state index is 0.00329. The lowest BCUT2D eigenvalue weighted by Crippen LogP contribution is -2.39. The second kappa shape index (κ2) is 4.52. The molecule has 0 unspecified atom stereocenters. The topological polar surface area (TPSA) is 59.1 Å². The van der Waals surface area contributed by atoms with Crippen molar-refractivity contribution in [3.8, 4) is 0 Å². The molecule has 18 heavy (non-hydrogen) atoms. The van der Waals surface area contributed by atoms with Gasteiger partial charge in [-0.25, -0.2) is 0 Å². The highest BCUT2D eigenvalue weighted by Crippen LogP contribution is 2.26. The van der Waals surface area contributed by atoms with Crippen LogP contribution in [0.25, 0.3) is 0 Å². The summed E-state index contributed by atoms with van der Waals surface area (Å²) in [6.45, 7) is 6.29. The van der Waals surface area contributed by atoms with E-state index in [9.17, 15) is 9.59 Å². The lowest BCUT2D eigenvalue weighted by molar-refractivity contribution is -0.134. The molecule has 1 aliphatic heterocycles. The van der Waals surface area contributed by atoms with E-state index in [1.807, 2.05) is 12.1 Å². The van der Waals surface area contributed by atoms with Gasteiger partial charge in [0.25, 0.3) is 0 Å². The highest BCUT2D eigenvalue weighted by molar-refractivity contribution is 6.00. The Kier molecular flexibility index (Phi) is 3.20. The van der Waals surface area contributed by atoms with Crippen LogP contribution in [0.3, 0.4) is 0 Å². The number of rotatable bonds is 1. The minimum Gasteiger partial charge on any atom is -0.296 e. The summed E-state index contributed by atoms with van der Waals surface area (Å²) in [5.41, 5.74) is 1.88. The lowest BCUT2D eigenvalue weighted by atomic mass is 9.88. The second-order valence-electron chi connectivity index (χ2n) is 5.73. The molecule has 2 rings (SSSR count). The van der Waals surface area contributed by atoms with Crippen molar-refractivity contribution in [3.63, 3.8) is 0 Å². The van der Waals surface area contributed by atoms with Crippen LogP contribution in [-0.4, -0.2) is 16.8 Å². The zero-order chi connectivity index (χ0) is 13.3. The van der Waals surface area contributed by atoms with Crippen LogP contribution < -0.4 is 5.32 Å². The number of aromatic nitrogens is 1. The maximum Gasteiger partial charge on any atom is 0.234 e. The van der Waals surface area contributed by atoms with Gasteiger partial charge in [0.05, 0.1) is 5.92 Å². The average Bonchev–Trinajstić information content (AvgIpc) is 2.28. The van der Waals surface area contributed by atoms with Gasteiger partial charge in [-0.1, -0.05) is 26.8 Å². The summed E-state index contributed by atoms with van der Waals surface area (Å²) in [6.07, 6.45) is 2.72. The van der Waals surface area contributed by atoms with Gasteiger partial charge in [-0.2, -0.15) is 0 Å². The van der Waals surface area contributed by atoms with E-state index in [0.717, 1.165) is 11.3 Å². The van der Waals surface area contributed by atoms with Gasteiger partial charge in [-0.05, 0) is 18.1 Å². The zero-order valence-electron chi connectivity index (χ0n) is 11.0. The summed E-state index contributed by atoms with van der Waals surface area (Å²) in [5, 5.41) is 2.37. The van der Waals surface area contributed by atoms with Crippen LogP contribution in [0.15, 0.2) is 18.3 Å². The fraction of sp³-hybridized carbons (Fsp3) is 0.500. The quantitative estimate of drug-likeness (QED) is 0.770. The van der Waals surface area contributed by atoms with Gasteiger partial charge in [0, 0.05) is 23.7 Å². The van der Waals surface area contributed by atoms with E-state index in [1.54, 1.807) is 6.20 Å². The van der Waals surface area contributed by atoms with Gasteiger partial charge in [0.1, 0.15) is 0 Å². The highest BCUT2D eigenvalue weighted by Gasteiger charge is 2.28. The number of carbonyl (C=O) groups is 2. The van der Waals surface area contributed by atoms with Gasteiger partial charge in [-0.15, -0.1) is 0 Å². The van der Waals surface area contributed by atoms with E-state index < -0.39 is 0 Å². The largest absolute Gasteiger partial charge is 0.296 e. The predicted octanol–water partition coefficient (Wildman–Crippen LogP) is 1.90. The number of piperidine rings is 1. The number of pyridine rings is 1. The smallest absolute Gasteiger partial charge is 0.234 e.